The number of oxime groups is 2. The van der Waals surface area contributed by atoms with E-state index in [9.17, 15) is 4.79 Å². The summed E-state index contributed by atoms with van der Waals surface area (Å²) >= 11 is 0. The standard InChI is InChI=1S/C8H14N2O4/c1-4-14-8(11)7(10-13)6(9-12)5(2)3/h5,12-13H,4H2,1-3H3. The topological polar surface area (TPSA) is 91.5 Å². The van der Waals surface area contributed by atoms with Gasteiger partial charge in [-0.25, -0.2) is 4.79 Å². The molecule has 0 amide bonds. The Morgan fingerprint density at radius 3 is 2.21 bits per heavy atom. The van der Waals surface area contributed by atoms with Crippen LogP contribution in [0.25, 0.3) is 0 Å². The number of nitrogens with zero attached hydrogens (tertiary/aromatic N) is 2. The Labute approximate surface area is 81.9 Å². The zero-order valence-corrected chi connectivity index (χ0v) is 8.39. The number of rotatable bonds is 4. The molecule has 0 aromatic carbocycles. The predicted molar refractivity (Wildman–Crippen MR) is 49.9 cm³/mol. The first-order valence-corrected chi connectivity index (χ1v) is 4.19. The molecule has 0 rings (SSSR count). The van der Waals surface area contributed by atoms with Crippen LogP contribution >= 0.6 is 0 Å². The summed E-state index contributed by atoms with van der Waals surface area (Å²) in [6.45, 7) is 5.17. The minimum atomic E-state index is -0.809. The molecular formula is C8H14N2O4. The number of ether oxygens (including phenoxy) is 1. The molecule has 0 aliphatic rings. The molecule has 0 bridgehead atoms. The maximum atomic E-state index is 11.2. The zero-order valence-electron chi connectivity index (χ0n) is 8.39. The van der Waals surface area contributed by atoms with Gasteiger partial charge in [-0.05, 0) is 6.92 Å². The van der Waals surface area contributed by atoms with E-state index < -0.39 is 5.97 Å². The van der Waals surface area contributed by atoms with Gasteiger partial charge < -0.3 is 15.2 Å². The number of esters is 1. The van der Waals surface area contributed by atoms with Crippen LogP contribution in [0.1, 0.15) is 20.8 Å². The first kappa shape index (κ1) is 12.4. The monoisotopic (exact) mass is 202 g/mol. The number of hydrogen-bond donors (Lipinski definition) is 2. The van der Waals surface area contributed by atoms with Crippen LogP contribution < -0.4 is 0 Å². The van der Waals surface area contributed by atoms with Gasteiger partial charge in [0.1, 0.15) is 5.71 Å². The molecule has 0 aliphatic carbocycles. The zero-order chi connectivity index (χ0) is 11.1. The van der Waals surface area contributed by atoms with Gasteiger partial charge in [0.25, 0.3) is 0 Å². The second-order valence-electron chi connectivity index (χ2n) is 2.81. The molecule has 0 aromatic heterocycles. The highest BCUT2D eigenvalue weighted by Crippen LogP contribution is 2.01. The highest BCUT2D eigenvalue weighted by Gasteiger charge is 2.23. The van der Waals surface area contributed by atoms with Crippen LogP contribution in [0.15, 0.2) is 10.3 Å². The Bertz CT molecular complexity index is 258. The van der Waals surface area contributed by atoms with Crippen molar-refractivity contribution in [2.24, 2.45) is 16.2 Å². The first-order chi connectivity index (χ1) is 6.58. The Morgan fingerprint density at radius 1 is 1.36 bits per heavy atom. The lowest BCUT2D eigenvalue weighted by atomic mass is 10.0. The highest BCUT2D eigenvalue weighted by molar-refractivity contribution is 6.65. The van der Waals surface area contributed by atoms with Gasteiger partial charge in [-0.1, -0.05) is 24.2 Å². The van der Waals surface area contributed by atoms with Crippen LogP contribution in [0.3, 0.4) is 0 Å². The van der Waals surface area contributed by atoms with E-state index in [4.69, 9.17) is 10.4 Å². The Morgan fingerprint density at radius 2 is 1.93 bits per heavy atom. The van der Waals surface area contributed by atoms with Crippen molar-refractivity contribution in [1.82, 2.24) is 0 Å². The average Bonchev–Trinajstić information content (AvgIpc) is 2.13. The van der Waals surface area contributed by atoms with E-state index in [-0.39, 0.29) is 23.9 Å². The van der Waals surface area contributed by atoms with Crippen LogP contribution in [-0.4, -0.2) is 34.4 Å². The van der Waals surface area contributed by atoms with Crippen molar-refractivity contribution in [2.45, 2.75) is 20.8 Å². The van der Waals surface area contributed by atoms with Gasteiger partial charge in [0, 0.05) is 5.92 Å². The fraction of sp³-hybridized carbons (Fsp3) is 0.625. The molecule has 0 aliphatic heterocycles. The maximum absolute atomic E-state index is 11.2. The maximum Gasteiger partial charge on any atom is 0.362 e. The molecule has 2 N–H and O–H groups in total. The van der Waals surface area contributed by atoms with E-state index in [0.29, 0.717) is 0 Å². The van der Waals surface area contributed by atoms with Crippen LogP contribution in [0.5, 0.6) is 0 Å². The summed E-state index contributed by atoms with van der Waals surface area (Å²) in [6, 6.07) is 0. The van der Waals surface area contributed by atoms with Crippen molar-refractivity contribution < 1.29 is 19.9 Å². The number of carbonyl (C=O) groups is 1. The molecule has 0 spiro atoms. The highest BCUT2D eigenvalue weighted by atomic mass is 16.5. The van der Waals surface area contributed by atoms with E-state index in [2.05, 4.69) is 15.0 Å². The van der Waals surface area contributed by atoms with Gasteiger partial charge >= 0.3 is 5.97 Å². The second-order valence-corrected chi connectivity index (χ2v) is 2.81. The smallest absolute Gasteiger partial charge is 0.362 e. The molecule has 14 heavy (non-hydrogen) atoms. The first-order valence-electron chi connectivity index (χ1n) is 4.19. The van der Waals surface area contributed by atoms with Crippen molar-refractivity contribution in [3.63, 3.8) is 0 Å². The molecule has 0 aromatic rings. The minimum Gasteiger partial charge on any atom is -0.461 e. The lowest BCUT2D eigenvalue weighted by Crippen LogP contribution is -2.30. The molecule has 0 saturated carbocycles. The summed E-state index contributed by atoms with van der Waals surface area (Å²) in [5.74, 6) is -1.05. The molecule has 0 radical (unpaired) electrons. The Kier molecular flexibility index (Phi) is 5.28. The van der Waals surface area contributed by atoms with Gasteiger partial charge in [0.2, 0.25) is 5.71 Å². The second kappa shape index (κ2) is 5.95. The molecule has 0 saturated heterocycles. The van der Waals surface area contributed by atoms with Gasteiger partial charge in [0.15, 0.2) is 0 Å². The van der Waals surface area contributed by atoms with Crippen molar-refractivity contribution >= 4 is 17.4 Å². The van der Waals surface area contributed by atoms with Crippen molar-refractivity contribution in [2.75, 3.05) is 6.61 Å². The SMILES string of the molecule is CCOC(=O)C(=NO)C(=NO)C(C)C. The van der Waals surface area contributed by atoms with Crippen molar-refractivity contribution in [3.05, 3.63) is 0 Å². The van der Waals surface area contributed by atoms with E-state index in [0.717, 1.165) is 0 Å². The average molecular weight is 202 g/mol. The summed E-state index contributed by atoms with van der Waals surface area (Å²) in [4.78, 5) is 11.2. The van der Waals surface area contributed by atoms with E-state index >= 15 is 0 Å². The van der Waals surface area contributed by atoms with E-state index in [1.54, 1.807) is 20.8 Å². The van der Waals surface area contributed by atoms with Crippen molar-refractivity contribution in [3.8, 4) is 0 Å². The molecule has 0 heterocycles. The molecule has 80 valence electrons. The van der Waals surface area contributed by atoms with Crippen molar-refractivity contribution in [1.29, 1.82) is 0 Å². The third kappa shape index (κ3) is 3.04. The number of carbonyl (C=O) groups excluding carboxylic acids is 1. The lowest BCUT2D eigenvalue weighted by Gasteiger charge is -2.08. The molecular weight excluding hydrogens is 188 g/mol. The molecule has 0 fully saturated rings. The minimum absolute atomic E-state index is 0.00838. The van der Waals surface area contributed by atoms with Gasteiger partial charge in [-0.15, -0.1) is 0 Å². The van der Waals surface area contributed by atoms with Crippen LogP contribution in [0.2, 0.25) is 0 Å². The summed E-state index contributed by atoms with van der Waals surface area (Å²) in [5.41, 5.74) is -0.379. The fourth-order valence-corrected chi connectivity index (χ4v) is 0.832. The molecule has 6 heteroatoms. The molecule has 0 atom stereocenters. The lowest BCUT2D eigenvalue weighted by molar-refractivity contribution is -0.134. The van der Waals surface area contributed by atoms with Crippen LogP contribution in [0.4, 0.5) is 0 Å². The summed E-state index contributed by atoms with van der Waals surface area (Å²) < 4.78 is 4.61. The summed E-state index contributed by atoms with van der Waals surface area (Å²) in [5, 5.41) is 22.8. The Hall–Kier alpha value is -1.59. The van der Waals surface area contributed by atoms with Gasteiger partial charge in [-0.3, -0.25) is 0 Å². The quantitative estimate of drug-likeness (QED) is 0.306. The van der Waals surface area contributed by atoms with Gasteiger partial charge in [-0.2, -0.15) is 0 Å². The third-order valence-corrected chi connectivity index (χ3v) is 1.47. The number of hydrogen-bond acceptors (Lipinski definition) is 6. The normalized spacial score (nSPS) is 13.1. The van der Waals surface area contributed by atoms with E-state index in [1.165, 1.54) is 0 Å². The van der Waals surface area contributed by atoms with Crippen LogP contribution in [-0.2, 0) is 9.53 Å². The largest absolute Gasteiger partial charge is 0.461 e. The fourth-order valence-electron chi connectivity index (χ4n) is 0.832. The Balaban J connectivity index is 4.82. The summed E-state index contributed by atoms with van der Waals surface area (Å²) in [7, 11) is 0. The van der Waals surface area contributed by atoms with Crippen LogP contribution in [0, 0.1) is 5.92 Å². The summed E-state index contributed by atoms with van der Waals surface area (Å²) in [6.07, 6.45) is 0. The molecule has 0 unspecified atom stereocenters. The molecule has 6 nitrogen and oxygen atoms in total. The predicted octanol–water partition coefficient (Wildman–Crippen LogP) is 0.866. The van der Waals surface area contributed by atoms with Gasteiger partial charge in [0.05, 0.1) is 6.61 Å². The van der Waals surface area contributed by atoms with E-state index in [1.807, 2.05) is 0 Å². The third-order valence-electron chi connectivity index (χ3n) is 1.47.